The SMILES string of the molecule is C[C@@H]1[C@H](N2CCN(C)CC2)CCN1c1ncc2c3c(c(-c4ncc(F)c5sc(N)c(C#N)c45)c(Cl)c2n1)COC3. The Kier molecular flexibility index (Phi) is 6.29. The molecule has 3 aromatic heterocycles. The van der Waals surface area contributed by atoms with Gasteiger partial charge in [-0.2, -0.15) is 5.26 Å². The molecule has 2 N–H and O–H groups in total. The number of likely N-dealkylation sites (N-methyl/N-ethyl adjacent to an activating group) is 1. The molecule has 0 saturated carbocycles. The number of pyridine rings is 1. The van der Waals surface area contributed by atoms with Crippen molar-refractivity contribution >= 4 is 54.9 Å². The molecule has 6 heterocycles. The Morgan fingerprint density at radius 2 is 1.93 bits per heavy atom. The molecule has 1 aromatic carbocycles. The van der Waals surface area contributed by atoms with Gasteiger partial charge in [-0.05, 0) is 31.5 Å². The summed E-state index contributed by atoms with van der Waals surface area (Å²) in [6.45, 7) is 8.10. The van der Waals surface area contributed by atoms with E-state index in [0.29, 0.717) is 52.4 Å². The number of hydrogen-bond donors (Lipinski definition) is 1. The molecular weight excluding hydrogens is 551 g/mol. The van der Waals surface area contributed by atoms with Gasteiger partial charge in [0.25, 0.3) is 0 Å². The number of ether oxygens (including phenoxy) is 1. The maximum Gasteiger partial charge on any atom is 0.226 e. The molecule has 0 spiro atoms. The molecule has 3 aliphatic rings. The van der Waals surface area contributed by atoms with Crippen molar-refractivity contribution < 1.29 is 9.13 Å². The van der Waals surface area contributed by atoms with E-state index in [0.717, 1.165) is 73.2 Å². The Bertz CT molecular complexity index is 1710. The number of hydrogen-bond acceptors (Lipinski definition) is 10. The number of halogens is 2. The zero-order valence-electron chi connectivity index (χ0n) is 22.2. The highest BCUT2D eigenvalue weighted by molar-refractivity contribution is 7.23. The molecule has 2 saturated heterocycles. The predicted molar refractivity (Wildman–Crippen MR) is 155 cm³/mol. The summed E-state index contributed by atoms with van der Waals surface area (Å²) in [6.07, 6.45) is 4.05. The topological polar surface area (TPSA) is 107 Å². The zero-order valence-corrected chi connectivity index (χ0v) is 23.8. The van der Waals surface area contributed by atoms with Gasteiger partial charge >= 0.3 is 0 Å². The summed E-state index contributed by atoms with van der Waals surface area (Å²) < 4.78 is 20.9. The first kappa shape index (κ1) is 25.8. The fourth-order valence-corrected chi connectivity index (χ4v) is 7.79. The molecule has 2 fully saturated rings. The molecular formula is C28H28ClFN8OS. The number of nitrogens with two attached hydrogens (primary N) is 1. The van der Waals surface area contributed by atoms with Crippen molar-refractivity contribution in [3.8, 4) is 17.3 Å². The van der Waals surface area contributed by atoms with Gasteiger partial charge in [0.2, 0.25) is 5.95 Å². The van der Waals surface area contributed by atoms with E-state index >= 15 is 0 Å². The van der Waals surface area contributed by atoms with Crippen LogP contribution in [0.3, 0.4) is 0 Å². The van der Waals surface area contributed by atoms with E-state index in [1.165, 1.54) is 0 Å². The van der Waals surface area contributed by atoms with E-state index < -0.39 is 5.82 Å². The lowest BCUT2D eigenvalue weighted by atomic mass is 9.94. The van der Waals surface area contributed by atoms with Crippen LogP contribution in [0.5, 0.6) is 0 Å². The van der Waals surface area contributed by atoms with E-state index in [1.54, 1.807) is 0 Å². The third-order valence-corrected chi connectivity index (χ3v) is 10.1. The Balaban J connectivity index is 1.36. The van der Waals surface area contributed by atoms with Crippen molar-refractivity contribution in [3.05, 3.63) is 39.9 Å². The monoisotopic (exact) mass is 578 g/mol. The van der Waals surface area contributed by atoms with E-state index in [2.05, 4.69) is 39.7 Å². The number of nitrogens with zero attached hydrogens (tertiary/aromatic N) is 7. The number of rotatable bonds is 3. The lowest BCUT2D eigenvalue weighted by molar-refractivity contribution is 0.108. The van der Waals surface area contributed by atoms with Crippen LogP contribution < -0.4 is 10.6 Å². The van der Waals surface area contributed by atoms with Crippen molar-refractivity contribution in [2.24, 2.45) is 0 Å². The molecule has 0 amide bonds. The molecule has 12 heteroatoms. The van der Waals surface area contributed by atoms with Gasteiger partial charge in [-0.1, -0.05) is 11.6 Å². The first-order valence-electron chi connectivity index (χ1n) is 13.4. The molecule has 3 aliphatic heterocycles. The highest BCUT2D eigenvalue weighted by atomic mass is 35.5. The zero-order chi connectivity index (χ0) is 27.7. The van der Waals surface area contributed by atoms with Crippen molar-refractivity contribution in [2.75, 3.05) is 50.4 Å². The van der Waals surface area contributed by atoms with E-state index in [4.69, 9.17) is 32.0 Å². The highest BCUT2D eigenvalue weighted by Crippen LogP contribution is 2.47. The first-order valence-corrected chi connectivity index (χ1v) is 14.6. The summed E-state index contributed by atoms with van der Waals surface area (Å²) in [5, 5.41) is 11.7. The lowest BCUT2D eigenvalue weighted by Gasteiger charge is -2.38. The van der Waals surface area contributed by atoms with Crippen LogP contribution in [0.2, 0.25) is 5.02 Å². The summed E-state index contributed by atoms with van der Waals surface area (Å²) >= 11 is 8.20. The Morgan fingerprint density at radius 3 is 2.70 bits per heavy atom. The summed E-state index contributed by atoms with van der Waals surface area (Å²) in [7, 11) is 2.17. The smallest absolute Gasteiger partial charge is 0.226 e. The van der Waals surface area contributed by atoms with E-state index in [9.17, 15) is 9.65 Å². The number of thiophene rings is 1. The molecule has 206 valence electrons. The van der Waals surface area contributed by atoms with Crippen molar-refractivity contribution in [3.63, 3.8) is 0 Å². The maximum atomic E-state index is 14.8. The van der Waals surface area contributed by atoms with Gasteiger partial charge in [0, 0.05) is 67.3 Å². The number of nitriles is 1. The van der Waals surface area contributed by atoms with Gasteiger partial charge in [0.15, 0.2) is 5.82 Å². The summed E-state index contributed by atoms with van der Waals surface area (Å²) in [4.78, 5) is 21.5. The minimum Gasteiger partial charge on any atom is -0.389 e. The number of aromatic nitrogens is 3. The largest absolute Gasteiger partial charge is 0.389 e. The van der Waals surface area contributed by atoms with Gasteiger partial charge in [-0.15, -0.1) is 11.3 Å². The molecule has 9 nitrogen and oxygen atoms in total. The molecule has 40 heavy (non-hydrogen) atoms. The van der Waals surface area contributed by atoms with Crippen LogP contribution in [0.1, 0.15) is 30.0 Å². The molecule has 0 aliphatic carbocycles. The van der Waals surface area contributed by atoms with Gasteiger partial charge in [-0.25, -0.2) is 14.4 Å². The van der Waals surface area contributed by atoms with Crippen LogP contribution in [0.4, 0.5) is 15.3 Å². The molecule has 0 radical (unpaired) electrons. The number of benzene rings is 1. The lowest BCUT2D eigenvalue weighted by Crippen LogP contribution is -2.52. The van der Waals surface area contributed by atoms with Gasteiger partial charge in [-0.3, -0.25) is 9.88 Å². The van der Waals surface area contributed by atoms with Crippen LogP contribution in [0.15, 0.2) is 12.4 Å². The van der Waals surface area contributed by atoms with Gasteiger partial charge in [0.05, 0.1) is 45.9 Å². The van der Waals surface area contributed by atoms with Crippen LogP contribution in [0, 0.1) is 17.1 Å². The second-order valence-corrected chi connectivity index (χ2v) is 12.2. The molecule has 7 rings (SSSR count). The fourth-order valence-electron chi connectivity index (χ4n) is 6.52. The number of piperazine rings is 1. The fraction of sp³-hybridized carbons (Fsp3) is 0.429. The number of anilines is 2. The highest BCUT2D eigenvalue weighted by Gasteiger charge is 2.37. The first-order chi connectivity index (χ1) is 19.4. The average molecular weight is 579 g/mol. The molecule has 4 aromatic rings. The van der Waals surface area contributed by atoms with Crippen LogP contribution >= 0.6 is 22.9 Å². The quantitative estimate of drug-likeness (QED) is 0.378. The minimum absolute atomic E-state index is 0.204. The predicted octanol–water partition coefficient (Wildman–Crippen LogP) is 4.40. The normalized spacial score (nSPS) is 21.9. The van der Waals surface area contributed by atoms with Crippen LogP contribution in [-0.2, 0) is 18.0 Å². The van der Waals surface area contributed by atoms with Crippen LogP contribution in [0.25, 0.3) is 32.2 Å². The number of fused-ring (bicyclic) bond motifs is 4. The van der Waals surface area contributed by atoms with Crippen molar-refractivity contribution in [1.29, 1.82) is 5.26 Å². The minimum atomic E-state index is -0.524. The van der Waals surface area contributed by atoms with E-state index in [1.807, 2.05) is 6.20 Å². The van der Waals surface area contributed by atoms with Crippen LogP contribution in [-0.4, -0.2) is 76.6 Å². The third kappa shape index (κ3) is 3.85. The average Bonchev–Trinajstić information content (AvgIpc) is 3.67. The summed E-state index contributed by atoms with van der Waals surface area (Å²) in [5.41, 5.74) is 9.72. The van der Waals surface area contributed by atoms with Crippen molar-refractivity contribution in [1.82, 2.24) is 24.8 Å². The Labute approximate surface area is 239 Å². The second-order valence-electron chi connectivity index (χ2n) is 10.8. The van der Waals surface area contributed by atoms with E-state index in [-0.39, 0.29) is 21.3 Å². The Hall–Kier alpha value is -3.14. The Morgan fingerprint density at radius 1 is 1.15 bits per heavy atom. The standard InChI is InChI=1S/C28H28ClFN8OS/c1-14-20(37-7-5-36(2)6-8-37)3-4-38(14)28-34-10-16-17-12-39-13-18(17)21(23(29)24(16)35-28)25-22-15(9-31)27(32)40-26(22)19(30)11-33-25/h10-11,14,20H,3-8,12-13,32H2,1-2H3/t14-,20-/m1/s1. The van der Waals surface area contributed by atoms with Crippen molar-refractivity contribution in [2.45, 2.75) is 38.6 Å². The maximum absolute atomic E-state index is 14.8. The second kappa shape index (κ2) is 9.75. The molecule has 2 atom stereocenters. The molecule has 0 bridgehead atoms. The summed E-state index contributed by atoms with van der Waals surface area (Å²) in [6, 6.07) is 2.82. The number of nitrogen functional groups attached to an aromatic ring is 1. The summed E-state index contributed by atoms with van der Waals surface area (Å²) in [5.74, 6) is 0.113. The molecule has 0 unspecified atom stereocenters. The van der Waals surface area contributed by atoms with Gasteiger partial charge in [0.1, 0.15) is 11.1 Å². The van der Waals surface area contributed by atoms with Gasteiger partial charge < -0.3 is 20.3 Å². The third-order valence-electron chi connectivity index (χ3n) is 8.71.